The smallest absolute Gasteiger partial charge is 0.335 e. The second kappa shape index (κ2) is 7.43. The number of aromatic amines is 1. The van der Waals surface area contributed by atoms with Gasteiger partial charge in [0.25, 0.3) is 5.91 Å². The van der Waals surface area contributed by atoms with Gasteiger partial charge in [0.15, 0.2) is 6.23 Å². The Kier molecular flexibility index (Phi) is 4.77. The fourth-order valence-electron chi connectivity index (χ4n) is 4.45. The van der Waals surface area contributed by atoms with Crippen LogP contribution in [-0.2, 0) is 5.54 Å². The minimum atomic E-state index is -1.24. The first kappa shape index (κ1) is 21.2. The first-order chi connectivity index (χ1) is 15.7. The van der Waals surface area contributed by atoms with Crippen LogP contribution in [0.15, 0.2) is 60.7 Å². The summed E-state index contributed by atoms with van der Waals surface area (Å²) in [5, 5.41) is 20.8. The molecule has 0 saturated heterocycles. The molecule has 0 bridgehead atoms. The van der Waals surface area contributed by atoms with Gasteiger partial charge in [-0.05, 0) is 49.7 Å². The number of rotatable bonds is 4. The summed E-state index contributed by atoms with van der Waals surface area (Å²) in [4.78, 5) is 34.1. The van der Waals surface area contributed by atoms with E-state index in [4.69, 9.17) is 11.6 Å². The summed E-state index contributed by atoms with van der Waals surface area (Å²) in [5.74, 6) is -1.03. The third-order valence-corrected chi connectivity index (χ3v) is 6.52. The molecule has 2 heterocycles. The molecule has 1 unspecified atom stereocenters. The quantitative estimate of drug-likeness (QED) is 0.398. The van der Waals surface area contributed by atoms with Gasteiger partial charge in [-0.25, -0.2) is 9.78 Å². The average molecular weight is 462 g/mol. The molecule has 8 heteroatoms. The van der Waals surface area contributed by atoms with E-state index in [2.05, 4.69) is 9.97 Å². The number of nitrogens with one attached hydrogen (secondary N) is 1. The predicted octanol–water partition coefficient (Wildman–Crippen LogP) is 4.96. The molecule has 0 fully saturated rings. The lowest BCUT2D eigenvalue weighted by Crippen LogP contribution is -2.44. The summed E-state index contributed by atoms with van der Waals surface area (Å²) in [5.41, 5.74) is 2.34. The molecule has 4 aromatic rings. The number of nitrogens with zero attached hydrogens (tertiary/aromatic N) is 2. The van der Waals surface area contributed by atoms with Gasteiger partial charge in [-0.15, -0.1) is 0 Å². The lowest BCUT2D eigenvalue weighted by Gasteiger charge is -2.38. The monoisotopic (exact) mass is 461 g/mol. The zero-order valence-electron chi connectivity index (χ0n) is 17.8. The van der Waals surface area contributed by atoms with Crippen molar-refractivity contribution >= 4 is 34.5 Å². The van der Waals surface area contributed by atoms with Gasteiger partial charge in [-0.1, -0.05) is 41.9 Å². The van der Waals surface area contributed by atoms with E-state index in [0.29, 0.717) is 28.0 Å². The first-order valence-electron chi connectivity index (χ1n) is 10.3. The number of carbonyl (C=O) groups excluding carboxylic acids is 1. The molecule has 166 valence electrons. The second-order valence-electron chi connectivity index (χ2n) is 8.48. The van der Waals surface area contributed by atoms with Gasteiger partial charge in [-0.2, -0.15) is 0 Å². The van der Waals surface area contributed by atoms with Crippen LogP contribution in [-0.4, -0.2) is 37.0 Å². The Bertz CT molecular complexity index is 1430. The van der Waals surface area contributed by atoms with Crippen LogP contribution in [0.1, 0.15) is 51.9 Å². The molecule has 5 rings (SSSR count). The minimum Gasteiger partial charge on any atom is -0.478 e. The highest BCUT2D eigenvalue weighted by Gasteiger charge is 2.47. The third-order valence-electron chi connectivity index (χ3n) is 6.20. The van der Waals surface area contributed by atoms with Crippen LogP contribution in [0.4, 0.5) is 0 Å². The van der Waals surface area contributed by atoms with Gasteiger partial charge < -0.3 is 15.2 Å². The zero-order chi connectivity index (χ0) is 23.5. The molecule has 33 heavy (non-hydrogen) atoms. The number of aliphatic hydroxyl groups excluding tert-OH is 1. The van der Waals surface area contributed by atoms with Gasteiger partial charge in [-0.3, -0.25) is 9.69 Å². The fraction of sp³-hybridized carbons (Fsp3) is 0.160. The van der Waals surface area contributed by atoms with E-state index in [1.807, 2.05) is 44.2 Å². The van der Waals surface area contributed by atoms with Gasteiger partial charge in [0, 0.05) is 16.1 Å². The van der Waals surface area contributed by atoms with Gasteiger partial charge >= 0.3 is 5.97 Å². The molecular weight excluding hydrogens is 442 g/mol. The lowest BCUT2D eigenvalue weighted by atomic mass is 9.92. The van der Waals surface area contributed by atoms with E-state index in [1.54, 1.807) is 18.2 Å². The van der Waals surface area contributed by atoms with Crippen molar-refractivity contribution in [2.24, 2.45) is 0 Å². The van der Waals surface area contributed by atoms with Crippen LogP contribution in [0.3, 0.4) is 0 Å². The molecule has 0 spiro atoms. The highest BCUT2D eigenvalue weighted by molar-refractivity contribution is 6.32. The Morgan fingerprint density at radius 2 is 1.85 bits per heavy atom. The molecule has 1 amide bonds. The Labute approximate surface area is 194 Å². The number of amides is 1. The maximum absolute atomic E-state index is 13.7. The summed E-state index contributed by atoms with van der Waals surface area (Å²) in [6, 6.07) is 17.4. The number of fused-ring (bicyclic) bond motifs is 2. The molecule has 1 aromatic heterocycles. The number of aromatic nitrogens is 2. The van der Waals surface area contributed by atoms with Crippen LogP contribution in [0.2, 0.25) is 5.02 Å². The number of hydrogen-bond donors (Lipinski definition) is 3. The fourth-order valence-corrected chi connectivity index (χ4v) is 4.70. The third kappa shape index (κ3) is 3.20. The van der Waals surface area contributed by atoms with E-state index in [9.17, 15) is 19.8 Å². The SMILES string of the molecule is CC(C)(c1ccccc1)N1C(=O)c2c(-c3nc4cc(C(=O)O)ccc4[nH]3)ccc(Cl)c2C1O. The first-order valence-corrected chi connectivity index (χ1v) is 10.7. The zero-order valence-corrected chi connectivity index (χ0v) is 18.6. The van der Waals surface area contributed by atoms with Crippen LogP contribution in [0.5, 0.6) is 0 Å². The summed E-state index contributed by atoms with van der Waals surface area (Å²) >= 11 is 6.45. The minimum absolute atomic E-state index is 0.115. The number of carbonyl (C=O) groups is 2. The van der Waals surface area contributed by atoms with Crippen molar-refractivity contribution in [2.45, 2.75) is 25.6 Å². The molecule has 1 aliphatic heterocycles. The number of carboxylic acids is 1. The van der Waals surface area contributed by atoms with Crippen LogP contribution >= 0.6 is 11.6 Å². The van der Waals surface area contributed by atoms with Crippen molar-refractivity contribution in [1.29, 1.82) is 0 Å². The van der Waals surface area contributed by atoms with Crippen molar-refractivity contribution in [1.82, 2.24) is 14.9 Å². The van der Waals surface area contributed by atoms with E-state index in [1.165, 1.54) is 17.0 Å². The Morgan fingerprint density at radius 1 is 1.12 bits per heavy atom. The normalized spacial score (nSPS) is 15.8. The Hall–Kier alpha value is -3.68. The van der Waals surface area contributed by atoms with E-state index in [-0.39, 0.29) is 22.1 Å². The lowest BCUT2D eigenvalue weighted by molar-refractivity contribution is -0.0304. The summed E-state index contributed by atoms with van der Waals surface area (Å²) in [7, 11) is 0. The van der Waals surface area contributed by atoms with Crippen molar-refractivity contribution in [3.63, 3.8) is 0 Å². The van der Waals surface area contributed by atoms with Gasteiger partial charge in [0.05, 0.1) is 27.7 Å². The maximum Gasteiger partial charge on any atom is 0.335 e. The second-order valence-corrected chi connectivity index (χ2v) is 8.89. The predicted molar refractivity (Wildman–Crippen MR) is 124 cm³/mol. The van der Waals surface area contributed by atoms with Crippen molar-refractivity contribution in [3.8, 4) is 11.4 Å². The molecule has 3 N–H and O–H groups in total. The van der Waals surface area contributed by atoms with Gasteiger partial charge in [0.1, 0.15) is 5.82 Å². The average Bonchev–Trinajstić information content (AvgIpc) is 3.33. The van der Waals surface area contributed by atoms with Crippen molar-refractivity contribution in [2.75, 3.05) is 0 Å². The van der Waals surface area contributed by atoms with E-state index in [0.717, 1.165) is 5.56 Å². The number of benzene rings is 3. The molecule has 7 nitrogen and oxygen atoms in total. The summed E-state index contributed by atoms with van der Waals surface area (Å²) < 4.78 is 0. The standard InChI is InChI=1S/C25H20ClN3O4/c1-25(2,14-6-4-3-5-7-14)29-22(30)19-15(9-10-16(26)20(19)23(29)31)21-27-17-11-8-13(24(32)33)12-18(17)28-21/h3-12,23,31H,1-2H3,(H,27,28)(H,32,33). The molecule has 0 radical (unpaired) electrons. The molecule has 3 aromatic carbocycles. The van der Waals surface area contributed by atoms with Crippen LogP contribution in [0.25, 0.3) is 22.4 Å². The molecular formula is C25H20ClN3O4. The van der Waals surface area contributed by atoms with Crippen molar-refractivity contribution < 1.29 is 19.8 Å². The number of carboxylic acid groups (broad SMARTS) is 1. The van der Waals surface area contributed by atoms with E-state index < -0.39 is 17.7 Å². The summed E-state index contributed by atoms with van der Waals surface area (Å²) in [6.45, 7) is 3.75. The molecule has 0 saturated carbocycles. The number of hydrogen-bond acceptors (Lipinski definition) is 4. The largest absolute Gasteiger partial charge is 0.478 e. The molecule has 1 atom stereocenters. The number of aliphatic hydroxyl groups is 1. The number of halogens is 1. The maximum atomic E-state index is 13.7. The van der Waals surface area contributed by atoms with E-state index >= 15 is 0 Å². The van der Waals surface area contributed by atoms with Crippen LogP contribution < -0.4 is 0 Å². The summed E-state index contributed by atoms with van der Waals surface area (Å²) in [6.07, 6.45) is -1.24. The number of H-pyrrole nitrogens is 1. The highest BCUT2D eigenvalue weighted by Crippen LogP contribution is 2.47. The number of imidazole rings is 1. The van der Waals surface area contributed by atoms with Crippen molar-refractivity contribution in [3.05, 3.63) is 87.9 Å². The topological polar surface area (TPSA) is 107 Å². The highest BCUT2D eigenvalue weighted by atomic mass is 35.5. The molecule has 0 aliphatic carbocycles. The molecule has 1 aliphatic rings. The number of aromatic carboxylic acids is 1. The van der Waals surface area contributed by atoms with Gasteiger partial charge in [0.2, 0.25) is 0 Å². The Balaban J connectivity index is 1.65. The van der Waals surface area contributed by atoms with Crippen LogP contribution in [0, 0.1) is 0 Å². The Morgan fingerprint density at radius 3 is 2.55 bits per heavy atom.